The van der Waals surface area contributed by atoms with Gasteiger partial charge in [-0.25, -0.2) is 0 Å². The Kier molecular flexibility index (Phi) is 6.27. The molecule has 2 amide bonds. The van der Waals surface area contributed by atoms with Gasteiger partial charge in [0, 0.05) is 17.0 Å². The Morgan fingerprint density at radius 3 is 2.62 bits per heavy atom. The van der Waals surface area contributed by atoms with E-state index in [0.717, 1.165) is 30.4 Å². The molecule has 1 aromatic heterocycles. The van der Waals surface area contributed by atoms with E-state index in [0.29, 0.717) is 28.6 Å². The lowest BCUT2D eigenvalue weighted by Gasteiger charge is -2.33. The molecule has 2 aromatic rings. The van der Waals surface area contributed by atoms with E-state index in [1.54, 1.807) is 17.4 Å². The van der Waals surface area contributed by atoms with E-state index < -0.39 is 0 Å². The van der Waals surface area contributed by atoms with Crippen LogP contribution in [0.2, 0.25) is 0 Å². The zero-order valence-corrected chi connectivity index (χ0v) is 18.5. The summed E-state index contributed by atoms with van der Waals surface area (Å²) < 4.78 is 0. The highest BCUT2D eigenvalue weighted by molar-refractivity contribution is 7.17. The quantitative estimate of drug-likeness (QED) is 0.651. The fourth-order valence-electron chi connectivity index (χ4n) is 3.90. The number of anilines is 1. The second-order valence-electron chi connectivity index (χ2n) is 8.78. The predicted molar refractivity (Wildman–Crippen MR) is 121 cm³/mol. The summed E-state index contributed by atoms with van der Waals surface area (Å²) in [6.45, 7) is 12.8. The van der Waals surface area contributed by atoms with Crippen LogP contribution in [0.3, 0.4) is 0 Å². The first-order chi connectivity index (χ1) is 13.7. The molecule has 154 valence electrons. The molecule has 2 N–H and O–H groups in total. The normalized spacial score (nSPS) is 16.1. The Labute approximate surface area is 177 Å². The maximum Gasteiger partial charge on any atom is 0.256 e. The molecule has 4 nitrogen and oxygen atoms in total. The molecule has 0 spiro atoms. The van der Waals surface area contributed by atoms with Crippen molar-refractivity contribution in [2.45, 2.75) is 47.0 Å². The third kappa shape index (κ3) is 4.61. The van der Waals surface area contributed by atoms with Gasteiger partial charge in [-0.05, 0) is 54.7 Å². The lowest BCUT2D eigenvalue weighted by atomic mass is 9.72. The van der Waals surface area contributed by atoms with Crippen molar-refractivity contribution in [3.05, 3.63) is 64.1 Å². The molecular formula is C24H30N2O2S. The molecule has 3 rings (SSSR count). The fourth-order valence-corrected chi connectivity index (χ4v) is 5.22. The molecular weight excluding hydrogens is 380 g/mol. The first kappa shape index (κ1) is 21.3. The van der Waals surface area contributed by atoms with Crippen molar-refractivity contribution in [2.24, 2.45) is 11.3 Å². The molecule has 0 saturated heterocycles. The van der Waals surface area contributed by atoms with Crippen LogP contribution in [-0.4, -0.2) is 18.4 Å². The van der Waals surface area contributed by atoms with Gasteiger partial charge in [0.2, 0.25) is 0 Å². The number of nitrogens with one attached hydrogen (secondary N) is 2. The highest BCUT2D eigenvalue weighted by Gasteiger charge is 2.34. The molecule has 1 unspecified atom stereocenters. The van der Waals surface area contributed by atoms with Crippen LogP contribution in [0.4, 0.5) is 5.00 Å². The minimum atomic E-state index is -0.174. The Hall–Kier alpha value is -2.40. The van der Waals surface area contributed by atoms with Gasteiger partial charge in [0.1, 0.15) is 5.00 Å². The summed E-state index contributed by atoms with van der Waals surface area (Å²) in [5.41, 5.74) is 3.48. The molecule has 0 radical (unpaired) electrons. The van der Waals surface area contributed by atoms with Crippen molar-refractivity contribution >= 4 is 28.2 Å². The van der Waals surface area contributed by atoms with Crippen molar-refractivity contribution in [1.29, 1.82) is 0 Å². The highest BCUT2D eigenvalue weighted by Crippen LogP contribution is 2.44. The second kappa shape index (κ2) is 8.54. The van der Waals surface area contributed by atoms with E-state index in [4.69, 9.17) is 0 Å². The predicted octanol–water partition coefficient (Wildman–Crippen LogP) is 5.38. The van der Waals surface area contributed by atoms with E-state index in [-0.39, 0.29) is 17.2 Å². The first-order valence-corrected chi connectivity index (χ1v) is 10.9. The highest BCUT2D eigenvalue weighted by atomic mass is 32.1. The summed E-state index contributed by atoms with van der Waals surface area (Å²) in [5, 5.41) is 6.57. The van der Waals surface area contributed by atoms with Gasteiger partial charge in [0.05, 0.1) is 5.56 Å². The number of thiophene rings is 1. The van der Waals surface area contributed by atoms with Gasteiger partial charge in [-0.3, -0.25) is 9.59 Å². The molecule has 0 aliphatic heterocycles. The fraction of sp³-hybridized carbons (Fsp3) is 0.417. The molecule has 0 saturated carbocycles. The number of hydrogen-bond donors (Lipinski definition) is 2. The lowest BCUT2D eigenvalue weighted by molar-refractivity contribution is 0.0957. The van der Waals surface area contributed by atoms with Crippen LogP contribution in [0, 0.1) is 18.3 Å². The number of benzene rings is 1. The first-order valence-electron chi connectivity index (χ1n) is 10.1. The van der Waals surface area contributed by atoms with Gasteiger partial charge in [0.15, 0.2) is 0 Å². The van der Waals surface area contributed by atoms with E-state index in [1.165, 1.54) is 4.88 Å². The standard InChI is InChI=1S/C24H30N2O2S/c1-6-13-25-22(28)20-18-12-11-16(24(3,4)5)14-19(18)29-23(20)26-21(27)17-10-8-7-9-15(17)2/h6-10,16H,1,11-14H2,2-5H3,(H,25,28)(H,26,27). The summed E-state index contributed by atoms with van der Waals surface area (Å²) in [6, 6.07) is 7.50. The minimum Gasteiger partial charge on any atom is -0.348 e. The van der Waals surface area contributed by atoms with Gasteiger partial charge >= 0.3 is 0 Å². The zero-order valence-electron chi connectivity index (χ0n) is 17.7. The van der Waals surface area contributed by atoms with Crippen LogP contribution in [-0.2, 0) is 12.8 Å². The average molecular weight is 411 g/mol. The van der Waals surface area contributed by atoms with Crippen LogP contribution in [0.5, 0.6) is 0 Å². The van der Waals surface area contributed by atoms with Crippen molar-refractivity contribution in [1.82, 2.24) is 5.32 Å². The zero-order chi connectivity index (χ0) is 21.2. The maximum absolute atomic E-state index is 12.9. The monoisotopic (exact) mass is 410 g/mol. The Bertz CT molecular complexity index is 937. The molecule has 5 heteroatoms. The SMILES string of the molecule is C=CCNC(=O)c1c(NC(=O)c2ccccc2C)sc2c1CCC(C(C)(C)C)C2. The summed E-state index contributed by atoms with van der Waals surface area (Å²) in [5.74, 6) is 0.251. The van der Waals surface area contributed by atoms with Gasteiger partial charge in [0.25, 0.3) is 11.8 Å². The molecule has 0 fully saturated rings. The van der Waals surface area contributed by atoms with Crippen molar-refractivity contribution in [3.63, 3.8) is 0 Å². The number of aryl methyl sites for hydroxylation is 1. The molecule has 0 bridgehead atoms. The van der Waals surface area contributed by atoms with Crippen LogP contribution < -0.4 is 10.6 Å². The van der Waals surface area contributed by atoms with Crippen LogP contribution in [0.25, 0.3) is 0 Å². The number of carbonyl (C=O) groups is 2. The largest absolute Gasteiger partial charge is 0.348 e. The Morgan fingerprint density at radius 2 is 1.97 bits per heavy atom. The Balaban J connectivity index is 1.96. The number of fused-ring (bicyclic) bond motifs is 1. The summed E-state index contributed by atoms with van der Waals surface area (Å²) >= 11 is 1.55. The topological polar surface area (TPSA) is 58.2 Å². The van der Waals surface area contributed by atoms with Gasteiger partial charge < -0.3 is 10.6 Å². The number of rotatable bonds is 5. The summed E-state index contributed by atoms with van der Waals surface area (Å²) in [6.07, 6.45) is 4.54. The Morgan fingerprint density at radius 1 is 1.24 bits per heavy atom. The van der Waals surface area contributed by atoms with Crippen LogP contribution >= 0.6 is 11.3 Å². The van der Waals surface area contributed by atoms with E-state index >= 15 is 0 Å². The van der Waals surface area contributed by atoms with E-state index in [2.05, 4.69) is 38.0 Å². The second-order valence-corrected chi connectivity index (χ2v) is 9.89. The van der Waals surface area contributed by atoms with Gasteiger partial charge in [-0.1, -0.05) is 45.0 Å². The number of hydrogen-bond acceptors (Lipinski definition) is 3. The number of amides is 2. The molecule has 1 aliphatic carbocycles. The minimum absolute atomic E-state index is 0.142. The third-order valence-corrected chi connectivity index (χ3v) is 6.91. The molecule has 1 aromatic carbocycles. The van der Waals surface area contributed by atoms with E-state index in [1.807, 2.05) is 31.2 Å². The lowest BCUT2D eigenvalue weighted by Crippen LogP contribution is -2.29. The molecule has 29 heavy (non-hydrogen) atoms. The number of carbonyl (C=O) groups excluding carboxylic acids is 2. The molecule has 1 heterocycles. The summed E-state index contributed by atoms with van der Waals surface area (Å²) in [7, 11) is 0. The van der Waals surface area contributed by atoms with E-state index in [9.17, 15) is 9.59 Å². The van der Waals surface area contributed by atoms with Gasteiger partial charge in [-0.2, -0.15) is 0 Å². The summed E-state index contributed by atoms with van der Waals surface area (Å²) in [4.78, 5) is 27.0. The average Bonchev–Trinajstić information content (AvgIpc) is 3.02. The molecule has 1 aliphatic rings. The maximum atomic E-state index is 12.9. The van der Waals surface area contributed by atoms with Crippen LogP contribution in [0.1, 0.15) is 63.9 Å². The van der Waals surface area contributed by atoms with Crippen molar-refractivity contribution in [3.8, 4) is 0 Å². The van der Waals surface area contributed by atoms with Crippen LogP contribution in [0.15, 0.2) is 36.9 Å². The smallest absolute Gasteiger partial charge is 0.256 e. The van der Waals surface area contributed by atoms with Crippen molar-refractivity contribution < 1.29 is 9.59 Å². The molecule has 1 atom stereocenters. The van der Waals surface area contributed by atoms with Gasteiger partial charge in [-0.15, -0.1) is 17.9 Å². The third-order valence-electron chi connectivity index (χ3n) is 5.74. The van der Waals surface area contributed by atoms with Crippen molar-refractivity contribution in [2.75, 3.05) is 11.9 Å².